The summed E-state index contributed by atoms with van der Waals surface area (Å²) >= 11 is 1.57. The minimum absolute atomic E-state index is 0.358. The number of carboxylic acid groups (broad SMARTS) is 1. The molecule has 40 heavy (non-hydrogen) atoms. The van der Waals surface area contributed by atoms with Crippen LogP contribution in [-0.4, -0.2) is 46.5 Å². The summed E-state index contributed by atoms with van der Waals surface area (Å²) in [5.74, 6) is 1.03. The van der Waals surface area contributed by atoms with Crippen LogP contribution in [0.25, 0.3) is 11.1 Å². The lowest BCUT2D eigenvalue weighted by Crippen LogP contribution is -2.41. The van der Waals surface area contributed by atoms with E-state index in [1.54, 1.807) is 18.0 Å². The van der Waals surface area contributed by atoms with Crippen LogP contribution in [0.2, 0.25) is 0 Å². The highest BCUT2D eigenvalue weighted by atomic mass is 32.2. The van der Waals surface area contributed by atoms with Gasteiger partial charge in [-0.25, -0.2) is 4.79 Å². The molecule has 6 nitrogen and oxygen atoms in total. The third-order valence-corrected chi connectivity index (χ3v) is 8.57. The Hall–Kier alpha value is -3.03. The van der Waals surface area contributed by atoms with E-state index in [1.807, 2.05) is 61.7 Å². The van der Waals surface area contributed by atoms with Crippen molar-refractivity contribution in [3.05, 3.63) is 83.3 Å². The maximum atomic E-state index is 13.4. The molecule has 0 spiro atoms. The number of nitrogens with one attached hydrogen (secondary N) is 1. The Kier molecular flexibility index (Phi) is 11.3. The molecule has 1 aliphatic carbocycles. The Balaban J connectivity index is 1.60. The molecule has 2 aromatic carbocycles. The van der Waals surface area contributed by atoms with Gasteiger partial charge in [-0.1, -0.05) is 62.4 Å². The number of thioether (sulfide) groups is 1. The largest absolute Gasteiger partial charge is 0.480 e. The normalized spacial score (nSPS) is 14.8. The van der Waals surface area contributed by atoms with Gasteiger partial charge in [0.25, 0.3) is 5.91 Å². The number of benzene rings is 2. The van der Waals surface area contributed by atoms with Gasteiger partial charge in [-0.05, 0) is 90.8 Å². The van der Waals surface area contributed by atoms with Crippen molar-refractivity contribution < 1.29 is 19.1 Å². The van der Waals surface area contributed by atoms with Crippen LogP contribution < -0.4 is 5.32 Å². The first-order valence-electron chi connectivity index (χ1n) is 14.4. The summed E-state index contributed by atoms with van der Waals surface area (Å²) in [4.78, 5) is 27.7. The Morgan fingerprint density at radius 1 is 1.05 bits per heavy atom. The summed E-state index contributed by atoms with van der Waals surface area (Å²) in [7, 11) is 0. The SMILES string of the molecule is CSCCC(NC(=O)c1ccc(CN(CCC2CCCCC2)Cc2ccco2)cc1-c1ccccc1C)C(=O)O. The molecule has 0 aliphatic heterocycles. The van der Waals surface area contributed by atoms with Gasteiger partial charge in [0.2, 0.25) is 0 Å². The van der Waals surface area contributed by atoms with Gasteiger partial charge in [0.1, 0.15) is 11.8 Å². The predicted molar refractivity (Wildman–Crippen MR) is 163 cm³/mol. The molecular weight excluding hydrogens is 520 g/mol. The maximum absolute atomic E-state index is 13.4. The van der Waals surface area contributed by atoms with E-state index in [-0.39, 0.29) is 5.91 Å². The minimum Gasteiger partial charge on any atom is -0.480 e. The van der Waals surface area contributed by atoms with Crippen molar-refractivity contribution in [3.63, 3.8) is 0 Å². The average Bonchev–Trinajstić information content (AvgIpc) is 3.47. The van der Waals surface area contributed by atoms with Crippen molar-refractivity contribution in [3.8, 4) is 11.1 Å². The number of furan rings is 1. The molecule has 1 aromatic heterocycles. The number of aliphatic carboxylic acids is 1. The van der Waals surface area contributed by atoms with Crippen molar-refractivity contribution in [2.45, 2.75) is 71.0 Å². The van der Waals surface area contributed by atoms with E-state index in [1.165, 1.54) is 38.5 Å². The van der Waals surface area contributed by atoms with Crippen LogP contribution in [0, 0.1) is 12.8 Å². The van der Waals surface area contributed by atoms with Crippen LogP contribution in [-0.2, 0) is 17.9 Å². The van der Waals surface area contributed by atoms with E-state index in [0.717, 1.165) is 53.6 Å². The Labute approximate surface area is 242 Å². The maximum Gasteiger partial charge on any atom is 0.326 e. The van der Waals surface area contributed by atoms with E-state index < -0.39 is 12.0 Å². The van der Waals surface area contributed by atoms with E-state index in [4.69, 9.17) is 4.42 Å². The molecule has 4 rings (SSSR count). The van der Waals surface area contributed by atoms with Gasteiger partial charge in [0.05, 0.1) is 12.8 Å². The monoisotopic (exact) mass is 562 g/mol. The first-order valence-corrected chi connectivity index (χ1v) is 15.8. The Bertz CT molecular complexity index is 1240. The lowest BCUT2D eigenvalue weighted by molar-refractivity contribution is -0.139. The van der Waals surface area contributed by atoms with Crippen molar-refractivity contribution in [2.24, 2.45) is 5.92 Å². The van der Waals surface area contributed by atoms with Crippen molar-refractivity contribution in [1.29, 1.82) is 0 Å². The van der Waals surface area contributed by atoms with E-state index in [0.29, 0.717) is 17.7 Å². The topological polar surface area (TPSA) is 82.8 Å². The molecule has 1 fully saturated rings. The fraction of sp³-hybridized carbons (Fsp3) is 0.455. The second kappa shape index (κ2) is 15.1. The molecule has 1 amide bonds. The molecule has 0 saturated heterocycles. The Morgan fingerprint density at radius 2 is 1.85 bits per heavy atom. The number of carbonyl (C=O) groups excluding carboxylic acids is 1. The molecule has 1 aliphatic rings. The lowest BCUT2D eigenvalue weighted by Gasteiger charge is -2.27. The second-order valence-corrected chi connectivity index (χ2v) is 11.9. The summed E-state index contributed by atoms with van der Waals surface area (Å²) in [5, 5.41) is 12.5. The molecule has 1 heterocycles. The van der Waals surface area contributed by atoms with Gasteiger partial charge < -0.3 is 14.8 Å². The van der Waals surface area contributed by atoms with E-state index in [2.05, 4.69) is 16.3 Å². The fourth-order valence-corrected chi connectivity index (χ4v) is 6.12. The van der Waals surface area contributed by atoms with Crippen LogP contribution in [0.5, 0.6) is 0 Å². The van der Waals surface area contributed by atoms with Gasteiger partial charge in [0, 0.05) is 12.1 Å². The van der Waals surface area contributed by atoms with Crippen LogP contribution in [0.1, 0.15) is 72.2 Å². The summed E-state index contributed by atoms with van der Waals surface area (Å²) in [6.07, 6.45) is 11.9. The fourth-order valence-electron chi connectivity index (χ4n) is 5.65. The molecule has 3 aromatic rings. The van der Waals surface area contributed by atoms with Gasteiger partial charge >= 0.3 is 5.97 Å². The summed E-state index contributed by atoms with van der Waals surface area (Å²) in [6, 6.07) is 17.0. The number of carboxylic acids is 1. The molecule has 0 radical (unpaired) electrons. The average molecular weight is 563 g/mol. The third-order valence-electron chi connectivity index (χ3n) is 7.92. The number of aryl methyl sites for hydroxylation is 1. The predicted octanol–water partition coefficient (Wildman–Crippen LogP) is 7.16. The van der Waals surface area contributed by atoms with Crippen LogP contribution in [0.3, 0.4) is 0 Å². The molecule has 1 saturated carbocycles. The minimum atomic E-state index is -1.01. The molecular formula is C33H42N2O4S. The highest BCUT2D eigenvalue weighted by Gasteiger charge is 2.23. The van der Waals surface area contributed by atoms with Crippen LogP contribution >= 0.6 is 11.8 Å². The van der Waals surface area contributed by atoms with E-state index in [9.17, 15) is 14.7 Å². The smallest absolute Gasteiger partial charge is 0.326 e. The zero-order valence-electron chi connectivity index (χ0n) is 23.7. The Morgan fingerprint density at radius 3 is 2.55 bits per heavy atom. The van der Waals surface area contributed by atoms with Crippen molar-refractivity contribution >= 4 is 23.6 Å². The number of amides is 1. The zero-order chi connectivity index (χ0) is 28.3. The van der Waals surface area contributed by atoms with Crippen molar-refractivity contribution in [1.82, 2.24) is 10.2 Å². The van der Waals surface area contributed by atoms with Crippen LogP contribution in [0.15, 0.2) is 65.3 Å². The standard InChI is InChI=1S/C33H42N2O4S/c1-24-9-6-7-13-28(24)30-21-26(14-15-29(30)32(36)34-31(33(37)38)17-20-40-2)22-35(23-27-12-8-19-39-27)18-16-25-10-4-3-5-11-25/h6-9,12-15,19,21,25,31H,3-5,10-11,16-18,20,22-23H2,1-2H3,(H,34,36)(H,37,38). The van der Waals surface area contributed by atoms with E-state index >= 15 is 0 Å². The summed E-state index contributed by atoms with van der Waals surface area (Å²) < 4.78 is 5.69. The highest BCUT2D eigenvalue weighted by molar-refractivity contribution is 7.98. The number of carbonyl (C=O) groups is 2. The number of nitrogens with zero attached hydrogens (tertiary/aromatic N) is 1. The van der Waals surface area contributed by atoms with Crippen molar-refractivity contribution in [2.75, 3.05) is 18.6 Å². The van der Waals surface area contributed by atoms with Gasteiger partial charge in [-0.15, -0.1) is 0 Å². The zero-order valence-corrected chi connectivity index (χ0v) is 24.6. The summed E-state index contributed by atoms with van der Waals surface area (Å²) in [6.45, 7) is 4.50. The number of hydrogen-bond acceptors (Lipinski definition) is 5. The number of rotatable bonds is 14. The lowest BCUT2D eigenvalue weighted by atomic mass is 9.87. The van der Waals surface area contributed by atoms with Gasteiger partial charge in [-0.2, -0.15) is 11.8 Å². The van der Waals surface area contributed by atoms with Crippen LogP contribution in [0.4, 0.5) is 0 Å². The highest BCUT2D eigenvalue weighted by Crippen LogP contribution is 2.30. The molecule has 2 N–H and O–H groups in total. The molecule has 1 unspecified atom stereocenters. The second-order valence-electron chi connectivity index (χ2n) is 10.9. The van der Waals surface area contributed by atoms with Gasteiger partial charge in [-0.3, -0.25) is 9.69 Å². The molecule has 0 bridgehead atoms. The third kappa shape index (κ3) is 8.48. The first-order chi connectivity index (χ1) is 19.4. The quantitative estimate of drug-likeness (QED) is 0.217. The molecule has 214 valence electrons. The summed E-state index contributed by atoms with van der Waals surface area (Å²) in [5.41, 5.74) is 4.48. The molecule has 1 atom stereocenters. The first kappa shape index (κ1) is 29.9. The molecule has 7 heteroatoms. The number of hydrogen-bond donors (Lipinski definition) is 2. The van der Waals surface area contributed by atoms with Gasteiger partial charge in [0.15, 0.2) is 0 Å².